The van der Waals surface area contributed by atoms with Crippen LogP contribution in [0.5, 0.6) is 0 Å². The van der Waals surface area contributed by atoms with Crippen molar-refractivity contribution in [3.8, 4) is 0 Å². The molecule has 0 aliphatic carbocycles. The van der Waals surface area contributed by atoms with E-state index in [1.165, 1.54) is 18.2 Å². The van der Waals surface area contributed by atoms with Gasteiger partial charge >= 0.3 is 0 Å². The Balaban J connectivity index is 1.61. The average molecular weight is 419 g/mol. The molecule has 1 aliphatic rings. The average Bonchev–Trinajstić information content (AvgIpc) is 3.17. The van der Waals surface area contributed by atoms with E-state index in [2.05, 4.69) is 20.4 Å². The molecule has 1 aromatic heterocycles. The van der Waals surface area contributed by atoms with Crippen LogP contribution in [0.4, 0.5) is 17.2 Å². The van der Waals surface area contributed by atoms with Crippen molar-refractivity contribution in [1.82, 2.24) is 15.1 Å². The molecule has 0 saturated carbocycles. The van der Waals surface area contributed by atoms with E-state index in [1.54, 1.807) is 6.20 Å². The zero-order valence-electron chi connectivity index (χ0n) is 16.3. The van der Waals surface area contributed by atoms with Crippen LogP contribution in [0.3, 0.4) is 0 Å². The normalized spacial score (nSPS) is 17.4. The van der Waals surface area contributed by atoms with Crippen LogP contribution in [0.15, 0.2) is 36.5 Å². The van der Waals surface area contributed by atoms with E-state index in [-0.39, 0.29) is 22.7 Å². The number of rotatable bonds is 7. The molecule has 29 heavy (non-hydrogen) atoms. The minimum Gasteiger partial charge on any atom is -0.351 e. The second-order valence-corrected chi connectivity index (χ2v) is 7.50. The van der Waals surface area contributed by atoms with Gasteiger partial charge in [0, 0.05) is 37.5 Å². The Morgan fingerprint density at radius 1 is 1.48 bits per heavy atom. The number of hydrogen-bond donors (Lipinski definition) is 1. The first-order chi connectivity index (χ1) is 13.9. The largest absolute Gasteiger partial charge is 0.351 e. The number of carbonyl (C=O) groups excluding carboxylic acids is 1. The molecule has 2 atom stereocenters. The molecule has 1 saturated heterocycles. The first-order valence-corrected chi connectivity index (χ1v) is 9.74. The molecule has 0 spiro atoms. The highest BCUT2D eigenvalue weighted by Crippen LogP contribution is 2.27. The highest BCUT2D eigenvalue weighted by Gasteiger charge is 2.29. The van der Waals surface area contributed by atoms with E-state index in [4.69, 9.17) is 11.6 Å². The van der Waals surface area contributed by atoms with Crippen molar-refractivity contribution in [2.45, 2.75) is 31.8 Å². The third kappa shape index (κ3) is 4.99. The van der Waals surface area contributed by atoms with Gasteiger partial charge in [0.15, 0.2) is 5.82 Å². The molecule has 2 unspecified atom stereocenters. The molecule has 0 radical (unpaired) electrons. The SMILES string of the molecule is CC(C(=O)Nc1ccc([N+](=O)[O-])cc1Cl)N(C)CC1CCCN1c1cccnn1. The Bertz CT molecular complexity index is 882. The molecule has 1 aromatic carbocycles. The monoisotopic (exact) mass is 418 g/mol. The lowest BCUT2D eigenvalue weighted by molar-refractivity contribution is -0.384. The summed E-state index contributed by atoms with van der Waals surface area (Å²) in [5, 5.41) is 21.9. The number of nitrogens with zero attached hydrogens (tertiary/aromatic N) is 5. The Hall–Kier alpha value is -2.78. The van der Waals surface area contributed by atoms with E-state index < -0.39 is 11.0 Å². The molecular weight excluding hydrogens is 396 g/mol. The van der Waals surface area contributed by atoms with Crippen LogP contribution < -0.4 is 10.2 Å². The third-order valence-corrected chi connectivity index (χ3v) is 5.50. The van der Waals surface area contributed by atoms with Crippen molar-refractivity contribution in [2.24, 2.45) is 0 Å². The summed E-state index contributed by atoms with van der Waals surface area (Å²) in [6.07, 6.45) is 3.73. The van der Waals surface area contributed by atoms with Crippen LogP contribution in [0.1, 0.15) is 19.8 Å². The predicted molar refractivity (Wildman–Crippen MR) is 111 cm³/mol. The lowest BCUT2D eigenvalue weighted by Gasteiger charge is -2.31. The van der Waals surface area contributed by atoms with Gasteiger partial charge in [-0.05, 0) is 45.0 Å². The van der Waals surface area contributed by atoms with Crippen LogP contribution in [-0.2, 0) is 4.79 Å². The number of amides is 1. The topological polar surface area (TPSA) is 104 Å². The Kier molecular flexibility index (Phi) is 6.60. The van der Waals surface area contributed by atoms with Gasteiger partial charge in [0.05, 0.1) is 21.7 Å². The summed E-state index contributed by atoms with van der Waals surface area (Å²) in [5.74, 6) is 0.616. The van der Waals surface area contributed by atoms with Gasteiger partial charge in [-0.2, -0.15) is 5.10 Å². The number of non-ortho nitro benzene ring substituents is 1. The number of benzene rings is 1. The number of halogens is 1. The van der Waals surface area contributed by atoms with Crippen LogP contribution in [0.2, 0.25) is 5.02 Å². The molecule has 0 bridgehead atoms. The minimum absolute atomic E-state index is 0.122. The van der Waals surface area contributed by atoms with Crippen molar-refractivity contribution in [3.05, 3.63) is 51.7 Å². The van der Waals surface area contributed by atoms with Crippen molar-refractivity contribution in [2.75, 3.05) is 30.4 Å². The lowest BCUT2D eigenvalue weighted by atomic mass is 10.1. The van der Waals surface area contributed by atoms with E-state index in [0.29, 0.717) is 12.2 Å². The highest BCUT2D eigenvalue weighted by molar-refractivity contribution is 6.34. The maximum Gasteiger partial charge on any atom is 0.271 e. The summed E-state index contributed by atoms with van der Waals surface area (Å²) >= 11 is 6.07. The van der Waals surface area contributed by atoms with Gasteiger partial charge < -0.3 is 10.2 Å². The first kappa shape index (κ1) is 20.9. The van der Waals surface area contributed by atoms with E-state index in [1.807, 2.05) is 31.0 Å². The van der Waals surface area contributed by atoms with Crippen molar-refractivity contribution >= 4 is 34.7 Å². The number of anilines is 2. The van der Waals surface area contributed by atoms with Crippen molar-refractivity contribution in [3.63, 3.8) is 0 Å². The predicted octanol–water partition coefficient (Wildman–Crippen LogP) is 2.97. The minimum atomic E-state index is -0.529. The summed E-state index contributed by atoms with van der Waals surface area (Å²) in [6.45, 7) is 3.42. The Morgan fingerprint density at radius 3 is 2.93 bits per heavy atom. The maximum absolute atomic E-state index is 12.7. The number of carbonyl (C=O) groups is 1. The number of nitrogens with one attached hydrogen (secondary N) is 1. The van der Waals surface area contributed by atoms with Gasteiger partial charge in [0.2, 0.25) is 5.91 Å². The molecule has 2 heterocycles. The highest BCUT2D eigenvalue weighted by atomic mass is 35.5. The number of likely N-dealkylation sites (N-methyl/N-ethyl adjacent to an activating group) is 1. The summed E-state index contributed by atoms with van der Waals surface area (Å²) in [5.41, 5.74) is 0.230. The molecule has 2 aromatic rings. The zero-order valence-corrected chi connectivity index (χ0v) is 17.0. The third-order valence-electron chi connectivity index (χ3n) is 5.19. The molecule has 154 valence electrons. The molecule has 1 aliphatic heterocycles. The molecule has 10 heteroatoms. The zero-order chi connectivity index (χ0) is 21.0. The van der Waals surface area contributed by atoms with Crippen molar-refractivity contribution in [1.29, 1.82) is 0 Å². The molecule has 3 rings (SSSR count). The number of hydrogen-bond acceptors (Lipinski definition) is 7. The number of nitro groups is 1. The van der Waals surface area contributed by atoms with E-state index in [0.717, 1.165) is 25.2 Å². The van der Waals surface area contributed by atoms with Gasteiger partial charge in [-0.25, -0.2) is 0 Å². The van der Waals surface area contributed by atoms with Crippen LogP contribution in [-0.4, -0.2) is 58.1 Å². The van der Waals surface area contributed by atoms with Gasteiger partial charge in [-0.3, -0.25) is 19.8 Å². The Morgan fingerprint density at radius 2 is 2.28 bits per heavy atom. The van der Waals surface area contributed by atoms with E-state index in [9.17, 15) is 14.9 Å². The quantitative estimate of drug-likeness (QED) is 0.544. The van der Waals surface area contributed by atoms with Crippen LogP contribution in [0, 0.1) is 10.1 Å². The standard InChI is InChI=1S/C19H23ClN6O3/c1-13(19(27)22-17-8-7-14(26(28)29)11-16(17)20)24(2)12-15-5-4-10-25(15)18-6-3-9-21-23-18/h3,6-9,11,13,15H,4-5,10,12H2,1-2H3,(H,22,27). The fourth-order valence-corrected chi connectivity index (χ4v) is 3.64. The maximum atomic E-state index is 12.7. The summed E-state index contributed by atoms with van der Waals surface area (Å²) in [6, 6.07) is 7.62. The van der Waals surface area contributed by atoms with Crippen LogP contribution >= 0.6 is 11.6 Å². The molecule has 1 fully saturated rings. The molecule has 1 amide bonds. The number of aromatic nitrogens is 2. The Labute approximate surface area is 173 Å². The second kappa shape index (κ2) is 9.15. The second-order valence-electron chi connectivity index (χ2n) is 7.10. The van der Waals surface area contributed by atoms with Gasteiger partial charge in [-0.1, -0.05) is 11.6 Å². The molecule has 9 nitrogen and oxygen atoms in total. The van der Waals surface area contributed by atoms with E-state index >= 15 is 0 Å². The van der Waals surface area contributed by atoms with Gasteiger partial charge in [0.25, 0.3) is 5.69 Å². The van der Waals surface area contributed by atoms with Crippen LogP contribution in [0.25, 0.3) is 0 Å². The van der Waals surface area contributed by atoms with Gasteiger partial charge in [0.1, 0.15) is 0 Å². The van der Waals surface area contributed by atoms with Gasteiger partial charge in [-0.15, -0.1) is 5.10 Å². The number of nitro benzene ring substituents is 1. The molecule has 1 N–H and O–H groups in total. The fourth-order valence-electron chi connectivity index (χ4n) is 3.42. The first-order valence-electron chi connectivity index (χ1n) is 9.36. The molecular formula is C19H23ClN6O3. The lowest BCUT2D eigenvalue weighted by Crippen LogP contribution is -2.46. The summed E-state index contributed by atoms with van der Waals surface area (Å²) in [7, 11) is 1.90. The summed E-state index contributed by atoms with van der Waals surface area (Å²) in [4.78, 5) is 27.2. The fraction of sp³-hybridized carbons (Fsp3) is 0.421. The summed E-state index contributed by atoms with van der Waals surface area (Å²) < 4.78 is 0. The smallest absolute Gasteiger partial charge is 0.271 e. The van der Waals surface area contributed by atoms with Crippen molar-refractivity contribution < 1.29 is 9.72 Å².